The predicted molar refractivity (Wildman–Crippen MR) is 135 cm³/mol. The van der Waals surface area contributed by atoms with Crippen LogP contribution < -0.4 is 0 Å². The fraction of sp³-hybridized carbons (Fsp3) is 0.714. The highest BCUT2D eigenvalue weighted by molar-refractivity contribution is 5.93. The molecule has 1 aromatic rings. The third kappa shape index (κ3) is 13.1. The molecule has 0 N–H and O–H groups in total. The van der Waals surface area contributed by atoms with Crippen molar-refractivity contribution in [3.8, 4) is 0 Å². The van der Waals surface area contributed by atoms with Gasteiger partial charge in [-0.1, -0.05) is 66.2 Å². The lowest BCUT2D eigenvalue weighted by Crippen LogP contribution is -2.15. The van der Waals surface area contributed by atoms with E-state index in [0.29, 0.717) is 49.4 Å². The van der Waals surface area contributed by atoms with E-state index < -0.39 is 11.9 Å². The van der Waals surface area contributed by atoms with Crippen LogP contribution in [0.1, 0.15) is 99.8 Å². The molecule has 1 rings (SSSR count). The van der Waals surface area contributed by atoms with Crippen LogP contribution in [0, 0.1) is 11.8 Å². The van der Waals surface area contributed by atoms with E-state index in [9.17, 15) is 9.59 Å². The molecule has 0 fully saturated rings. The van der Waals surface area contributed by atoms with Crippen LogP contribution in [0.2, 0.25) is 0 Å². The van der Waals surface area contributed by atoms with Crippen LogP contribution in [0.4, 0.5) is 0 Å². The van der Waals surface area contributed by atoms with E-state index in [0.717, 1.165) is 12.8 Å². The van der Waals surface area contributed by atoms with Gasteiger partial charge in [0, 0.05) is 13.2 Å². The van der Waals surface area contributed by atoms with Crippen LogP contribution in [-0.2, 0) is 18.9 Å². The maximum Gasteiger partial charge on any atom is 0.338 e. The molecular weight excluding hydrogens is 432 g/mol. The van der Waals surface area contributed by atoms with Crippen LogP contribution in [0.25, 0.3) is 0 Å². The number of esters is 2. The Kier molecular flexibility index (Phi) is 17.2. The largest absolute Gasteiger partial charge is 0.460 e. The van der Waals surface area contributed by atoms with E-state index in [1.807, 2.05) is 0 Å². The lowest BCUT2D eigenvalue weighted by molar-refractivity contribution is 0.0238. The summed E-state index contributed by atoms with van der Waals surface area (Å²) in [4.78, 5) is 24.4. The van der Waals surface area contributed by atoms with Crippen molar-refractivity contribution >= 4 is 11.9 Å². The first kappa shape index (κ1) is 30.1. The van der Waals surface area contributed by atoms with E-state index in [2.05, 4.69) is 27.7 Å². The van der Waals surface area contributed by atoms with Crippen LogP contribution in [-0.4, -0.2) is 51.6 Å². The summed E-state index contributed by atoms with van der Waals surface area (Å²) in [5, 5.41) is 0. The maximum atomic E-state index is 12.2. The van der Waals surface area contributed by atoms with Crippen LogP contribution in [0.15, 0.2) is 24.3 Å². The minimum absolute atomic E-state index is 0.212. The van der Waals surface area contributed by atoms with E-state index in [-0.39, 0.29) is 13.2 Å². The van der Waals surface area contributed by atoms with Crippen molar-refractivity contribution in [2.45, 2.75) is 79.1 Å². The minimum Gasteiger partial charge on any atom is -0.460 e. The van der Waals surface area contributed by atoms with Gasteiger partial charge in [-0.25, -0.2) is 9.59 Å². The zero-order chi connectivity index (χ0) is 25.0. The Morgan fingerprint density at radius 2 is 1.03 bits per heavy atom. The van der Waals surface area contributed by atoms with Gasteiger partial charge in [-0.3, -0.25) is 0 Å². The summed E-state index contributed by atoms with van der Waals surface area (Å²) in [5.74, 6) is 0.272. The summed E-state index contributed by atoms with van der Waals surface area (Å²) >= 11 is 0. The van der Waals surface area contributed by atoms with Gasteiger partial charge in [-0.05, 0) is 48.9 Å². The van der Waals surface area contributed by atoms with Gasteiger partial charge in [-0.2, -0.15) is 0 Å². The van der Waals surface area contributed by atoms with Crippen molar-refractivity contribution in [1.29, 1.82) is 0 Å². The molecule has 0 saturated heterocycles. The van der Waals surface area contributed by atoms with Gasteiger partial charge < -0.3 is 18.9 Å². The fourth-order valence-electron chi connectivity index (χ4n) is 3.59. The highest BCUT2D eigenvalue weighted by atomic mass is 16.6. The fourth-order valence-corrected chi connectivity index (χ4v) is 3.59. The normalized spacial score (nSPS) is 12.8. The van der Waals surface area contributed by atoms with E-state index in [1.54, 1.807) is 24.3 Å². The minimum atomic E-state index is -0.427. The summed E-state index contributed by atoms with van der Waals surface area (Å²) in [7, 11) is 0. The van der Waals surface area contributed by atoms with Gasteiger partial charge in [0.05, 0.1) is 24.3 Å². The average Bonchev–Trinajstić information content (AvgIpc) is 2.87. The molecule has 0 heterocycles. The van der Waals surface area contributed by atoms with Gasteiger partial charge in [0.25, 0.3) is 0 Å². The second-order valence-electron chi connectivity index (χ2n) is 8.83. The zero-order valence-corrected chi connectivity index (χ0v) is 21.8. The van der Waals surface area contributed by atoms with Crippen molar-refractivity contribution in [3.63, 3.8) is 0 Å². The molecule has 0 aliphatic heterocycles. The Hall–Kier alpha value is -1.92. The molecule has 0 spiro atoms. The lowest BCUT2D eigenvalue weighted by Gasteiger charge is -2.14. The first-order valence-electron chi connectivity index (χ1n) is 13.1. The monoisotopic (exact) mass is 478 g/mol. The molecule has 0 radical (unpaired) electrons. The smallest absolute Gasteiger partial charge is 0.338 e. The molecule has 1 aromatic carbocycles. The third-order valence-electron chi connectivity index (χ3n) is 6.07. The molecule has 6 nitrogen and oxygen atoms in total. The number of benzene rings is 1. The second kappa shape index (κ2) is 19.4. The number of carbonyl (C=O) groups excluding carboxylic acids is 2. The molecule has 194 valence electrons. The molecule has 0 amide bonds. The summed E-state index contributed by atoms with van der Waals surface area (Å²) in [6, 6.07) is 6.31. The summed E-state index contributed by atoms with van der Waals surface area (Å²) in [6.07, 6.45) is 9.36. The van der Waals surface area contributed by atoms with E-state index in [4.69, 9.17) is 18.9 Å². The maximum absolute atomic E-state index is 12.2. The molecular formula is C28H46O6. The van der Waals surface area contributed by atoms with Gasteiger partial charge in [0.2, 0.25) is 0 Å². The number of unbranched alkanes of at least 4 members (excludes halogenated alkanes) is 2. The Balaban J connectivity index is 2.25. The molecule has 2 atom stereocenters. The van der Waals surface area contributed by atoms with Crippen LogP contribution in [0.3, 0.4) is 0 Å². The Morgan fingerprint density at radius 1 is 0.647 bits per heavy atom. The van der Waals surface area contributed by atoms with Crippen molar-refractivity contribution in [2.24, 2.45) is 11.8 Å². The number of rotatable bonds is 20. The predicted octanol–water partition coefficient (Wildman–Crippen LogP) is 6.47. The quantitative estimate of drug-likeness (QED) is 0.158. The summed E-state index contributed by atoms with van der Waals surface area (Å²) < 4.78 is 21.9. The zero-order valence-electron chi connectivity index (χ0n) is 21.8. The Morgan fingerprint density at radius 3 is 1.35 bits per heavy atom. The molecule has 2 unspecified atom stereocenters. The third-order valence-corrected chi connectivity index (χ3v) is 6.07. The first-order chi connectivity index (χ1) is 16.5. The van der Waals surface area contributed by atoms with Gasteiger partial charge >= 0.3 is 11.9 Å². The SMILES string of the molecule is CCCCC(CC)COCCOC(=O)c1ccc(C(=O)OCCOCC(CC)CCCC)cc1. The van der Waals surface area contributed by atoms with Crippen molar-refractivity contribution in [2.75, 3.05) is 39.6 Å². The summed E-state index contributed by atoms with van der Waals surface area (Å²) in [6.45, 7) is 11.3. The van der Waals surface area contributed by atoms with Gasteiger partial charge in [0.1, 0.15) is 13.2 Å². The number of hydrogen-bond acceptors (Lipinski definition) is 6. The van der Waals surface area contributed by atoms with Gasteiger partial charge in [-0.15, -0.1) is 0 Å². The Bertz CT molecular complexity index is 600. The van der Waals surface area contributed by atoms with Gasteiger partial charge in [0.15, 0.2) is 0 Å². The molecule has 0 aliphatic rings. The number of ether oxygens (including phenoxy) is 4. The van der Waals surface area contributed by atoms with Crippen molar-refractivity contribution < 1.29 is 28.5 Å². The topological polar surface area (TPSA) is 71.1 Å². The van der Waals surface area contributed by atoms with Crippen LogP contribution >= 0.6 is 0 Å². The lowest BCUT2D eigenvalue weighted by atomic mass is 10.0. The molecule has 34 heavy (non-hydrogen) atoms. The highest BCUT2D eigenvalue weighted by Crippen LogP contribution is 2.14. The van der Waals surface area contributed by atoms with Crippen LogP contribution in [0.5, 0.6) is 0 Å². The van der Waals surface area contributed by atoms with E-state index >= 15 is 0 Å². The van der Waals surface area contributed by atoms with E-state index in [1.165, 1.54) is 38.5 Å². The highest BCUT2D eigenvalue weighted by Gasteiger charge is 2.12. The molecule has 6 heteroatoms. The standard InChI is InChI=1S/C28H46O6/c1-5-9-11-23(7-3)21-31-17-19-33-27(29)25-13-15-26(16-14-25)28(30)34-20-18-32-22-24(8-4)12-10-6-2/h13-16,23-24H,5-12,17-22H2,1-4H3. The van der Waals surface area contributed by atoms with Crippen molar-refractivity contribution in [1.82, 2.24) is 0 Å². The van der Waals surface area contributed by atoms with Crippen molar-refractivity contribution in [3.05, 3.63) is 35.4 Å². The number of carbonyl (C=O) groups is 2. The number of hydrogen-bond donors (Lipinski definition) is 0. The molecule has 0 saturated carbocycles. The second-order valence-corrected chi connectivity index (χ2v) is 8.83. The molecule has 0 aromatic heterocycles. The first-order valence-corrected chi connectivity index (χ1v) is 13.1. The Labute approximate surface area is 206 Å². The molecule has 0 aliphatic carbocycles. The summed E-state index contributed by atoms with van der Waals surface area (Å²) in [5.41, 5.74) is 0.791. The molecule has 0 bridgehead atoms. The average molecular weight is 479 g/mol.